The van der Waals surface area contributed by atoms with Crippen LogP contribution in [0.2, 0.25) is 0 Å². The highest BCUT2D eigenvalue weighted by Crippen LogP contribution is 2.27. The van der Waals surface area contributed by atoms with E-state index in [0.717, 1.165) is 30.1 Å². The van der Waals surface area contributed by atoms with E-state index >= 15 is 0 Å². The Kier molecular flexibility index (Phi) is 7.89. The maximum Gasteiger partial charge on any atom is 0.407 e. The van der Waals surface area contributed by atoms with Gasteiger partial charge in [-0.1, -0.05) is 43.2 Å². The second kappa shape index (κ2) is 10.6. The van der Waals surface area contributed by atoms with Gasteiger partial charge in [-0.05, 0) is 50.6 Å². The largest absolute Gasteiger partial charge is 0.445 e. The van der Waals surface area contributed by atoms with Crippen molar-refractivity contribution >= 4 is 17.4 Å². The lowest BCUT2D eigenvalue weighted by Gasteiger charge is -2.20. The lowest BCUT2D eigenvalue weighted by atomic mass is 10.1. The fourth-order valence-electron chi connectivity index (χ4n) is 3.43. The zero-order chi connectivity index (χ0) is 19.8. The van der Waals surface area contributed by atoms with Crippen molar-refractivity contribution in [1.82, 2.24) is 10.2 Å². The molecule has 1 saturated heterocycles. The topological polar surface area (TPSA) is 61.8 Å². The third-order valence-electron chi connectivity index (χ3n) is 5.08. The van der Waals surface area contributed by atoms with Gasteiger partial charge < -0.3 is 15.2 Å². The average Bonchev–Trinajstić information content (AvgIpc) is 3.01. The van der Waals surface area contributed by atoms with Crippen molar-refractivity contribution in [2.45, 2.75) is 57.9 Å². The number of hydrogen-bond acceptors (Lipinski definition) is 5. The van der Waals surface area contributed by atoms with Crippen molar-refractivity contribution < 1.29 is 14.6 Å². The molecule has 3 rings (SSSR count). The summed E-state index contributed by atoms with van der Waals surface area (Å²) in [5.41, 5.74) is 0.933. The second-order valence-electron chi connectivity index (χ2n) is 7.43. The van der Waals surface area contributed by atoms with Crippen molar-refractivity contribution in [1.29, 1.82) is 0 Å². The number of ether oxygens (including phenoxy) is 1. The average molecular weight is 403 g/mol. The van der Waals surface area contributed by atoms with Crippen LogP contribution in [0.5, 0.6) is 0 Å². The molecule has 0 aliphatic carbocycles. The quantitative estimate of drug-likeness (QED) is 0.717. The molecule has 2 unspecified atom stereocenters. The van der Waals surface area contributed by atoms with E-state index in [1.807, 2.05) is 36.4 Å². The molecule has 0 saturated carbocycles. The van der Waals surface area contributed by atoms with E-state index in [-0.39, 0.29) is 6.61 Å². The van der Waals surface area contributed by atoms with Crippen LogP contribution in [-0.2, 0) is 17.9 Å². The van der Waals surface area contributed by atoms with Crippen molar-refractivity contribution in [3.8, 4) is 0 Å². The SMILES string of the molecule is CC(NC(=O)OCc1ccccc1)C(O)c1ccc(CN2CCCCCC2)s1. The smallest absolute Gasteiger partial charge is 0.407 e. The number of aliphatic hydroxyl groups excluding tert-OH is 1. The van der Waals surface area contributed by atoms with E-state index < -0.39 is 18.2 Å². The Bertz CT molecular complexity index is 726. The Balaban J connectivity index is 1.46. The summed E-state index contributed by atoms with van der Waals surface area (Å²) in [4.78, 5) is 16.6. The molecule has 2 atom stereocenters. The maximum absolute atomic E-state index is 12.0. The number of carbonyl (C=O) groups is 1. The number of likely N-dealkylation sites (tertiary alicyclic amines) is 1. The van der Waals surface area contributed by atoms with Gasteiger partial charge in [0, 0.05) is 16.3 Å². The van der Waals surface area contributed by atoms with Gasteiger partial charge in [-0.3, -0.25) is 4.90 Å². The van der Waals surface area contributed by atoms with Gasteiger partial charge >= 0.3 is 6.09 Å². The summed E-state index contributed by atoms with van der Waals surface area (Å²) in [5, 5.41) is 13.3. The van der Waals surface area contributed by atoms with Gasteiger partial charge in [-0.15, -0.1) is 11.3 Å². The highest BCUT2D eigenvalue weighted by molar-refractivity contribution is 7.12. The molecule has 28 heavy (non-hydrogen) atoms. The van der Waals surface area contributed by atoms with E-state index in [0.29, 0.717) is 0 Å². The van der Waals surface area contributed by atoms with E-state index in [4.69, 9.17) is 4.74 Å². The van der Waals surface area contributed by atoms with Crippen LogP contribution in [-0.4, -0.2) is 35.2 Å². The highest BCUT2D eigenvalue weighted by Gasteiger charge is 2.21. The van der Waals surface area contributed by atoms with Gasteiger partial charge in [0.2, 0.25) is 0 Å². The van der Waals surface area contributed by atoms with Gasteiger partial charge in [0.05, 0.1) is 6.04 Å². The number of thiophene rings is 1. The Labute approximate surface area is 171 Å². The van der Waals surface area contributed by atoms with Crippen molar-refractivity contribution in [2.24, 2.45) is 0 Å². The summed E-state index contributed by atoms with van der Waals surface area (Å²) in [6.07, 6.45) is 3.94. The molecule has 2 aromatic rings. The normalized spacial score (nSPS) is 17.5. The molecule has 1 aliphatic rings. The summed E-state index contributed by atoms with van der Waals surface area (Å²) >= 11 is 1.62. The minimum atomic E-state index is -0.743. The van der Waals surface area contributed by atoms with Crippen LogP contribution in [0.15, 0.2) is 42.5 Å². The molecule has 1 amide bonds. The molecule has 1 aliphatic heterocycles. The monoisotopic (exact) mass is 402 g/mol. The van der Waals surface area contributed by atoms with Crippen molar-refractivity contribution in [3.05, 3.63) is 57.8 Å². The van der Waals surface area contributed by atoms with Crippen LogP contribution >= 0.6 is 11.3 Å². The van der Waals surface area contributed by atoms with Crippen LogP contribution in [0.25, 0.3) is 0 Å². The molecule has 0 radical (unpaired) electrons. The molecule has 1 aromatic heterocycles. The number of amides is 1. The van der Waals surface area contributed by atoms with E-state index in [1.54, 1.807) is 18.3 Å². The first kappa shape index (κ1) is 20.8. The lowest BCUT2D eigenvalue weighted by molar-refractivity contribution is 0.108. The van der Waals surface area contributed by atoms with Crippen molar-refractivity contribution in [3.63, 3.8) is 0 Å². The van der Waals surface area contributed by atoms with Crippen LogP contribution in [0, 0.1) is 0 Å². The molecule has 6 heteroatoms. The summed E-state index contributed by atoms with van der Waals surface area (Å²) in [6, 6.07) is 13.2. The lowest BCUT2D eigenvalue weighted by Crippen LogP contribution is -2.37. The standard InChI is InChI=1S/C22H30N2O3S/c1-17(23-22(26)27-16-18-9-5-4-6-10-18)21(25)20-12-11-19(28-20)15-24-13-7-2-3-8-14-24/h4-6,9-12,17,21,25H,2-3,7-8,13-16H2,1H3,(H,23,26). The molecule has 152 valence electrons. The predicted molar refractivity (Wildman–Crippen MR) is 112 cm³/mol. The minimum Gasteiger partial charge on any atom is -0.445 e. The van der Waals surface area contributed by atoms with Crippen LogP contribution in [0.1, 0.15) is 54.0 Å². The molecule has 5 nitrogen and oxygen atoms in total. The first-order valence-electron chi connectivity index (χ1n) is 10.1. The zero-order valence-electron chi connectivity index (χ0n) is 16.5. The molecular formula is C22H30N2O3S. The number of alkyl carbamates (subject to hydrolysis) is 1. The van der Waals surface area contributed by atoms with Crippen LogP contribution < -0.4 is 5.32 Å². The number of nitrogens with one attached hydrogen (secondary N) is 1. The molecule has 1 aromatic carbocycles. The Morgan fingerprint density at radius 3 is 2.57 bits per heavy atom. The second-order valence-corrected chi connectivity index (χ2v) is 8.63. The fraction of sp³-hybridized carbons (Fsp3) is 0.500. The fourth-order valence-corrected chi connectivity index (χ4v) is 4.58. The predicted octanol–water partition coefficient (Wildman–Crippen LogP) is 4.47. The number of hydrogen-bond donors (Lipinski definition) is 2. The van der Waals surface area contributed by atoms with Gasteiger partial charge in [-0.2, -0.15) is 0 Å². The summed E-state index contributed by atoms with van der Waals surface area (Å²) in [7, 11) is 0. The summed E-state index contributed by atoms with van der Waals surface area (Å²) in [5.74, 6) is 0. The Morgan fingerprint density at radius 2 is 1.86 bits per heavy atom. The molecular weight excluding hydrogens is 372 g/mol. The van der Waals surface area contributed by atoms with Crippen LogP contribution in [0.3, 0.4) is 0 Å². The van der Waals surface area contributed by atoms with E-state index in [1.165, 1.54) is 30.6 Å². The maximum atomic E-state index is 12.0. The van der Waals surface area contributed by atoms with Crippen LogP contribution in [0.4, 0.5) is 4.79 Å². The number of benzene rings is 1. The first-order valence-corrected chi connectivity index (χ1v) is 10.9. The highest BCUT2D eigenvalue weighted by atomic mass is 32.1. The number of aliphatic hydroxyl groups is 1. The first-order chi connectivity index (χ1) is 13.6. The number of rotatable bonds is 7. The van der Waals surface area contributed by atoms with Gasteiger partial charge in [0.15, 0.2) is 0 Å². The van der Waals surface area contributed by atoms with Gasteiger partial charge in [0.1, 0.15) is 12.7 Å². The van der Waals surface area contributed by atoms with Crippen molar-refractivity contribution in [2.75, 3.05) is 13.1 Å². The number of carbonyl (C=O) groups excluding carboxylic acids is 1. The third kappa shape index (κ3) is 6.33. The summed E-state index contributed by atoms with van der Waals surface area (Å²) in [6.45, 7) is 5.26. The minimum absolute atomic E-state index is 0.217. The Morgan fingerprint density at radius 1 is 1.14 bits per heavy atom. The van der Waals surface area contributed by atoms with E-state index in [2.05, 4.69) is 16.3 Å². The zero-order valence-corrected chi connectivity index (χ0v) is 17.3. The number of nitrogens with zero attached hydrogens (tertiary/aromatic N) is 1. The molecule has 1 fully saturated rings. The van der Waals surface area contributed by atoms with Gasteiger partial charge in [0.25, 0.3) is 0 Å². The third-order valence-corrected chi connectivity index (χ3v) is 6.22. The van der Waals surface area contributed by atoms with E-state index in [9.17, 15) is 9.90 Å². The Hall–Kier alpha value is -1.89. The summed E-state index contributed by atoms with van der Waals surface area (Å²) < 4.78 is 5.24. The molecule has 0 spiro atoms. The molecule has 2 N–H and O–H groups in total. The molecule has 0 bridgehead atoms. The van der Waals surface area contributed by atoms with Gasteiger partial charge in [-0.25, -0.2) is 4.79 Å². The molecule has 2 heterocycles.